The first-order valence-corrected chi connectivity index (χ1v) is 9.95. The molecule has 0 aromatic carbocycles. The zero-order valence-corrected chi connectivity index (χ0v) is 15.5. The molecule has 24 heavy (non-hydrogen) atoms. The first-order chi connectivity index (χ1) is 11.2. The van der Waals surface area contributed by atoms with Crippen LogP contribution in [0.3, 0.4) is 0 Å². The highest BCUT2D eigenvalue weighted by Crippen LogP contribution is 2.23. The van der Waals surface area contributed by atoms with Crippen molar-refractivity contribution in [3.8, 4) is 0 Å². The number of rotatable bonds is 4. The number of hydrogen-bond acceptors (Lipinski definition) is 5. The Morgan fingerprint density at radius 1 is 1.17 bits per heavy atom. The Kier molecular flexibility index (Phi) is 6.22. The number of hydrogen-bond donors (Lipinski definition) is 1. The second-order valence-corrected chi connectivity index (χ2v) is 8.95. The molecule has 2 saturated heterocycles. The largest absolute Gasteiger partial charge is 0.348 e. The van der Waals surface area contributed by atoms with Gasteiger partial charge in [-0.05, 0) is 19.8 Å². The number of sulfonamides is 1. The van der Waals surface area contributed by atoms with Crippen molar-refractivity contribution in [1.82, 2.24) is 19.4 Å². The monoisotopic (exact) mass is 360 g/mol. The standard InChI is InChI=1S/C15H28N4O4S/c1-12(14(20)17(2)3)24(22,23)19-8-4-5-13(11-19)15(21)18-9-6-16-7-10-18/h12-13,16H,4-11H2,1-3H3. The van der Waals surface area contributed by atoms with Crippen molar-refractivity contribution < 1.29 is 18.0 Å². The molecule has 2 aliphatic rings. The van der Waals surface area contributed by atoms with Crippen LogP contribution in [0.4, 0.5) is 0 Å². The van der Waals surface area contributed by atoms with E-state index >= 15 is 0 Å². The van der Waals surface area contributed by atoms with Crippen molar-refractivity contribution in [2.24, 2.45) is 5.92 Å². The van der Waals surface area contributed by atoms with Crippen LogP contribution in [0.15, 0.2) is 0 Å². The maximum Gasteiger partial charge on any atom is 0.241 e. The first-order valence-electron chi connectivity index (χ1n) is 8.44. The number of piperidine rings is 1. The Morgan fingerprint density at radius 3 is 2.38 bits per heavy atom. The number of piperazine rings is 1. The molecular weight excluding hydrogens is 332 g/mol. The molecule has 0 bridgehead atoms. The van der Waals surface area contributed by atoms with Crippen molar-refractivity contribution >= 4 is 21.8 Å². The van der Waals surface area contributed by atoms with E-state index in [1.54, 1.807) is 14.1 Å². The Morgan fingerprint density at radius 2 is 1.79 bits per heavy atom. The molecule has 1 N–H and O–H groups in total. The predicted molar refractivity (Wildman–Crippen MR) is 90.8 cm³/mol. The molecule has 0 radical (unpaired) electrons. The van der Waals surface area contributed by atoms with Gasteiger partial charge in [-0.25, -0.2) is 12.7 Å². The maximum absolute atomic E-state index is 12.7. The summed E-state index contributed by atoms with van der Waals surface area (Å²) < 4.78 is 26.8. The van der Waals surface area contributed by atoms with E-state index in [0.29, 0.717) is 32.5 Å². The van der Waals surface area contributed by atoms with Gasteiger partial charge in [0.25, 0.3) is 0 Å². The average Bonchev–Trinajstić information content (AvgIpc) is 2.60. The summed E-state index contributed by atoms with van der Waals surface area (Å²) in [6.07, 6.45) is 1.34. The summed E-state index contributed by atoms with van der Waals surface area (Å²) in [5.74, 6) is -0.721. The molecule has 2 aliphatic heterocycles. The number of carbonyl (C=O) groups is 2. The van der Waals surface area contributed by atoms with Crippen LogP contribution in [0.25, 0.3) is 0 Å². The maximum atomic E-state index is 12.7. The molecule has 9 heteroatoms. The second-order valence-electron chi connectivity index (χ2n) is 6.69. The SMILES string of the molecule is CC(C(=O)N(C)C)S(=O)(=O)N1CCCC(C(=O)N2CCNCC2)C1. The smallest absolute Gasteiger partial charge is 0.241 e. The van der Waals surface area contributed by atoms with E-state index in [9.17, 15) is 18.0 Å². The van der Waals surface area contributed by atoms with Crippen LogP contribution in [-0.2, 0) is 19.6 Å². The van der Waals surface area contributed by atoms with Crippen LogP contribution < -0.4 is 5.32 Å². The Labute approximate surface area is 144 Å². The van der Waals surface area contributed by atoms with E-state index in [0.717, 1.165) is 13.1 Å². The minimum absolute atomic E-state index is 0.0305. The second kappa shape index (κ2) is 7.79. The molecule has 2 unspecified atom stereocenters. The molecule has 2 rings (SSSR count). The minimum Gasteiger partial charge on any atom is -0.348 e. The van der Waals surface area contributed by atoms with Crippen LogP contribution in [-0.4, -0.2) is 93.0 Å². The fourth-order valence-electron chi connectivity index (χ4n) is 3.23. The van der Waals surface area contributed by atoms with E-state index in [1.807, 2.05) is 4.90 Å². The van der Waals surface area contributed by atoms with Gasteiger partial charge in [-0.2, -0.15) is 0 Å². The van der Waals surface area contributed by atoms with Crippen LogP contribution in [0.5, 0.6) is 0 Å². The van der Waals surface area contributed by atoms with Gasteiger partial charge in [0.1, 0.15) is 0 Å². The molecule has 2 heterocycles. The average molecular weight is 360 g/mol. The molecule has 2 atom stereocenters. The third kappa shape index (κ3) is 4.07. The summed E-state index contributed by atoms with van der Waals surface area (Å²) in [6, 6.07) is 0. The summed E-state index contributed by atoms with van der Waals surface area (Å²) in [6.45, 7) is 4.84. The quantitative estimate of drug-likeness (QED) is 0.690. The van der Waals surface area contributed by atoms with Crippen LogP contribution in [0, 0.1) is 5.92 Å². The number of nitrogens with zero attached hydrogens (tertiary/aromatic N) is 3. The van der Waals surface area contributed by atoms with Crippen LogP contribution in [0.1, 0.15) is 19.8 Å². The van der Waals surface area contributed by atoms with Gasteiger partial charge in [0.05, 0.1) is 5.92 Å². The van der Waals surface area contributed by atoms with Crippen molar-refractivity contribution in [3.05, 3.63) is 0 Å². The van der Waals surface area contributed by atoms with E-state index in [2.05, 4.69) is 5.32 Å². The van der Waals surface area contributed by atoms with Gasteiger partial charge in [-0.1, -0.05) is 0 Å². The molecule has 0 spiro atoms. The third-order valence-electron chi connectivity index (χ3n) is 4.76. The van der Waals surface area contributed by atoms with E-state index in [4.69, 9.17) is 0 Å². The molecule has 2 fully saturated rings. The van der Waals surface area contributed by atoms with Gasteiger partial charge in [-0.15, -0.1) is 0 Å². The van der Waals surface area contributed by atoms with E-state index in [-0.39, 0.29) is 18.4 Å². The number of amides is 2. The molecule has 8 nitrogen and oxygen atoms in total. The molecule has 138 valence electrons. The predicted octanol–water partition coefficient (Wildman–Crippen LogP) is -1.06. The normalized spacial score (nSPS) is 24.5. The first kappa shape index (κ1) is 19.1. The van der Waals surface area contributed by atoms with Crippen molar-refractivity contribution in [2.75, 3.05) is 53.4 Å². The van der Waals surface area contributed by atoms with Crippen LogP contribution >= 0.6 is 0 Å². The lowest BCUT2D eigenvalue weighted by atomic mass is 9.98. The Bertz CT molecular complexity index is 572. The lowest BCUT2D eigenvalue weighted by Crippen LogP contribution is -2.53. The lowest BCUT2D eigenvalue weighted by molar-refractivity contribution is -0.137. The van der Waals surface area contributed by atoms with Crippen molar-refractivity contribution in [3.63, 3.8) is 0 Å². The van der Waals surface area contributed by atoms with Crippen molar-refractivity contribution in [1.29, 1.82) is 0 Å². The number of carbonyl (C=O) groups excluding carboxylic acids is 2. The summed E-state index contributed by atoms with van der Waals surface area (Å²) in [7, 11) is -0.659. The summed E-state index contributed by atoms with van der Waals surface area (Å²) in [4.78, 5) is 27.8. The van der Waals surface area contributed by atoms with Gasteiger partial charge in [-0.3, -0.25) is 9.59 Å². The fraction of sp³-hybridized carbons (Fsp3) is 0.867. The number of nitrogens with one attached hydrogen (secondary N) is 1. The minimum atomic E-state index is -3.74. The van der Waals surface area contributed by atoms with Gasteiger partial charge >= 0.3 is 0 Å². The van der Waals surface area contributed by atoms with E-state index < -0.39 is 21.2 Å². The van der Waals surface area contributed by atoms with Gasteiger partial charge in [0.2, 0.25) is 21.8 Å². The van der Waals surface area contributed by atoms with Crippen LogP contribution in [0.2, 0.25) is 0 Å². The van der Waals surface area contributed by atoms with Gasteiger partial charge < -0.3 is 15.1 Å². The molecule has 0 aromatic rings. The molecule has 0 saturated carbocycles. The van der Waals surface area contributed by atoms with Gasteiger partial charge in [0.15, 0.2) is 5.25 Å². The summed E-state index contributed by atoms with van der Waals surface area (Å²) >= 11 is 0. The topological polar surface area (TPSA) is 90.0 Å². The summed E-state index contributed by atoms with van der Waals surface area (Å²) in [5.41, 5.74) is 0. The lowest BCUT2D eigenvalue weighted by Gasteiger charge is -2.36. The fourth-order valence-corrected chi connectivity index (χ4v) is 4.92. The zero-order chi connectivity index (χ0) is 17.9. The molecule has 0 aromatic heterocycles. The van der Waals surface area contributed by atoms with Crippen molar-refractivity contribution in [2.45, 2.75) is 25.0 Å². The van der Waals surface area contributed by atoms with E-state index in [1.165, 1.54) is 16.1 Å². The molecule has 2 amide bonds. The third-order valence-corrected chi connectivity index (χ3v) is 6.90. The molecule has 0 aliphatic carbocycles. The Hall–Kier alpha value is -1.19. The Balaban J connectivity index is 2.06. The highest BCUT2D eigenvalue weighted by Gasteiger charge is 2.39. The molecular formula is C15H28N4O4S. The zero-order valence-electron chi connectivity index (χ0n) is 14.7. The summed E-state index contributed by atoms with van der Waals surface area (Å²) in [5, 5.41) is 2.08. The highest BCUT2D eigenvalue weighted by molar-refractivity contribution is 7.90. The highest BCUT2D eigenvalue weighted by atomic mass is 32.2. The van der Waals surface area contributed by atoms with Gasteiger partial charge in [0, 0.05) is 53.4 Å².